The van der Waals surface area contributed by atoms with Gasteiger partial charge in [0.05, 0.1) is 10.9 Å². The fourth-order valence-corrected chi connectivity index (χ4v) is 2.25. The molecule has 5 nitrogen and oxygen atoms in total. The molecule has 0 unspecified atom stereocenters. The van der Waals surface area contributed by atoms with Gasteiger partial charge in [0.15, 0.2) is 0 Å². The van der Waals surface area contributed by atoms with Gasteiger partial charge >= 0.3 is 12.1 Å². The zero-order valence-corrected chi connectivity index (χ0v) is 8.92. The van der Waals surface area contributed by atoms with Crippen molar-refractivity contribution in [1.29, 1.82) is 0 Å². The van der Waals surface area contributed by atoms with Gasteiger partial charge in [0.1, 0.15) is 5.00 Å². The van der Waals surface area contributed by atoms with E-state index in [1.54, 1.807) is 12.1 Å². The van der Waals surface area contributed by atoms with E-state index in [1.807, 2.05) is 0 Å². The number of carboxylic acid groups (broad SMARTS) is 1. The maximum absolute atomic E-state index is 11.3. The van der Waals surface area contributed by atoms with Crippen LogP contribution in [0.1, 0.15) is 0 Å². The van der Waals surface area contributed by atoms with Gasteiger partial charge in [-0.15, -0.1) is 11.3 Å². The highest BCUT2D eigenvalue weighted by atomic mass is 35.5. The lowest BCUT2D eigenvalue weighted by Gasteiger charge is -2.08. The second-order valence-corrected chi connectivity index (χ2v) is 4.59. The quantitative estimate of drug-likeness (QED) is 0.866. The molecule has 1 N–H and O–H groups in total. The lowest BCUT2D eigenvalue weighted by atomic mass is 10.3. The van der Waals surface area contributed by atoms with E-state index in [4.69, 9.17) is 16.7 Å². The molecule has 2 rings (SSSR count). The van der Waals surface area contributed by atoms with Gasteiger partial charge in [-0.2, -0.15) is 0 Å². The van der Waals surface area contributed by atoms with Crippen molar-refractivity contribution in [3.63, 3.8) is 0 Å². The third kappa shape index (κ3) is 1.91. The van der Waals surface area contributed by atoms with Gasteiger partial charge in [-0.25, -0.2) is 9.59 Å². The van der Waals surface area contributed by atoms with Crippen molar-refractivity contribution in [2.75, 3.05) is 11.4 Å². The molecule has 1 amide bonds. The maximum atomic E-state index is 11.3. The van der Waals surface area contributed by atoms with E-state index in [0.29, 0.717) is 9.34 Å². The smallest absolute Gasteiger partial charge is 0.415 e. The van der Waals surface area contributed by atoms with Gasteiger partial charge in [0.2, 0.25) is 6.10 Å². The van der Waals surface area contributed by atoms with Crippen molar-refractivity contribution in [1.82, 2.24) is 0 Å². The minimum atomic E-state index is -1.14. The van der Waals surface area contributed by atoms with Crippen LogP contribution >= 0.6 is 22.9 Å². The van der Waals surface area contributed by atoms with Gasteiger partial charge in [0, 0.05) is 0 Å². The van der Waals surface area contributed by atoms with Crippen LogP contribution in [0.4, 0.5) is 9.80 Å². The molecule has 0 bridgehead atoms. The first kappa shape index (κ1) is 10.3. The summed E-state index contributed by atoms with van der Waals surface area (Å²) in [5.74, 6) is -1.14. The topological polar surface area (TPSA) is 66.8 Å². The highest BCUT2D eigenvalue weighted by Gasteiger charge is 2.37. The fourth-order valence-electron chi connectivity index (χ4n) is 1.22. The summed E-state index contributed by atoms with van der Waals surface area (Å²) in [5, 5.41) is 9.27. The molecule has 0 spiro atoms. The first-order valence-electron chi connectivity index (χ1n) is 4.04. The molecule has 1 aromatic rings. The number of nitrogens with zero attached hydrogens (tertiary/aromatic N) is 1. The molecule has 0 saturated carbocycles. The SMILES string of the molecule is O=C(O)[C@H]1CN(c2ccc(Cl)s2)C(=O)O1. The number of thiophene rings is 1. The largest absolute Gasteiger partial charge is 0.478 e. The zero-order chi connectivity index (χ0) is 11.0. The molecular weight excluding hydrogens is 242 g/mol. The summed E-state index contributed by atoms with van der Waals surface area (Å²) in [6.45, 7) is 0.0189. The predicted octanol–water partition coefficient (Wildman–Crippen LogP) is 1.81. The molecule has 15 heavy (non-hydrogen) atoms. The number of anilines is 1. The van der Waals surface area contributed by atoms with Crippen molar-refractivity contribution >= 4 is 40.0 Å². The highest BCUT2D eigenvalue weighted by Crippen LogP contribution is 2.32. The Bertz CT molecular complexity index is 419. The molecule has 1 saturated heterocycles. The number of carboxylic acids is 1. The summed E-state index contributed by atoms with van der Waals surface area (Å²) in [4.78, 5) is 23.2. The van der Waals surface area contributed by atoms with Crippen LogP contribution in [0.3, 0.4) is 0 Å². The molecule has 1 aliphatic heterocycles. The second-order valence-electron chi connectivity index (χ2n) is 2.90. The Morgan fingerprint density at radius 2 is 2.40 bits per heavy atom. The van der Waals surface area contributed by atoms with Crippen LogP contribution in [-0.4, -0.2) is 29.8 Å². The first-order chi connectivity index (χ1) is 7.08. The van der Waals surface area contributed by atoms with E-state index in [9.17, 15) is 9.59 Å². The molecular formula is C8H6ClNO4S. The van der Waals surface area contributed by atoms with Crippen molar-refractivity contribution in [2.45, 2.75) is 6.10 Å². The van der Waals surface area contributed by atoms with Crippen LogP contribution in [-0.2, 0) is 9.53 Å². The Morgan fingerprint density at radius 3 is 2.87 bits per heavy atom. The number of hydrogen-bond acceptors (Lipinski definition) is 4. The van der Waals surface area contributed by atoms with Crippen LogP contribution in [0, 0.1) is 0 Å². The van der Waals surface area contributed by atoms with Gasteiger partial charge in [-0.3, -0.25) is 4.90 Å². The summed E-state index contributed by atoms with van der Waals surface area (Å²) in [6, 6.07) is 3.29. The molecule has 80 valence electrons. The number of aliphatic carboxylic acids is 1. The van der Waals surface area contributed by atoms with E-state index in [2.05, 4.69) is 4.74 Å². The Hall–Kier alpha value is -1.27. The molecule has 1 aromatic heterocycles. The van der Waals surface area contributed by atoms with Gasteiger partial charge in [-0.05, 0) is 12.1 Å². The molecule has 2 heterocycles. The molecule has 1 atom stereocenters. The third-order valence-electron chi connectivity index (χ3n) is 1.91. The number of halogens is 1. The summed E-state index contributed by atoms with van der Waals surface area (Å²) in [5.41, 5.74) is 0. The van der Waals surface area contributed by atoms with E-state index >= 15 is 0 Å². The molecule has 0 aromatic carbocycles. The summed E-state index contributed by atoms with van der Waals surface area (Å²) in [6.07, 6.45) is -1.75. The number of hydrogen-bond donors (Lipinski definition) is 1. The number of amides is 1. The third-order valence-corrected chi connectivity index (χ3v) is 3.17. The first-order valence-corrected chi connectivity index (χ1v) is 5.23. The molecule has 1 fully saturated rings. The van der Waals surface area contributed by atoms with Crippen LogP contribution in [0.5, 0.6) is 0 Å². The zero-order valence-electron chi connectivity index (χ0n) is 7.34. The van der Waals surface area contributed by atoms with E-state index in [0.717, 1.165) is 0 Å². The van der Waals surface area contributed by atoms with E-state index < -0.39 is 18.2 Å². The van der Waals surface area contributed by atoms with Gasteiger partial charge in [-0.1, -0.05) is 11.6 Å². The average Bonchev–Trinajstić information content (AvgIpc) is 2.71. The van der Waals surface area contributed by atoms with Crippen LogP contribution in [0.25, 0.3) is 0 Å². The maximum Gasteiger partial charge on any atom is 0.415 e. The standard InChI is InChI=1S/C8H6ClNO4S/c9-5-1-2-6(15-5)10-3-4(7(11)12)14-8(10)13/h1-2,4H,3H2,(H,11,12)/t4-/m1/s1. The number of rotatable bonds is 2. The monoisotopic (exact) mass is 247 g/mol. The average molecular weight is 248 g/mol. The number of cyclic esters (lactones) is 1. The summed E-state index contributed by atoms with van der Waals surface area (Å²) in [7, 11) is 0. The Balaban J connectivity index is 2.18. The number of carbonyl (C=O) groups is 2. The lowest BCUT2D eigenvalue weighted by molar-refractivity contribution is -0.144. The molecule has 0 aliphatic carbocycles. The number of ether oxygens (including phenoxy) is 1. The normalized spacial score (nSPS) is 20.5. The fraction of sp³-hybridized carbons (Fsp3) is 0.250. The summed E-state index contributed by atoms with van der Waals surface area (Å²) < 4.78 is 5.19. The summed E-state index contributed by atoms with van der Waals surface area (Å²) >= 11 is 6.91. The molecule has 7 heteroatoms. The van der Waals surface area contributed by atoms with Crippen molar-refractivity contribution < 1.29 is 19.4 Å². The highest BCUT2D eigenvalue weighted by molar-refractivity contribution is 7.20. The number of carbonyl (C=O) groups excluding carboxylic acids is 1. The van der Waals surface area contributed by atoms with Gasteiger partial charge in [0.25, 0.3) is 0 Å². The van der Waals surface area contributed by atoms with Crippen molar-refractivity contribution in [3.8, 4) is 0 Å². The van der Waals surface area contributed by atoms with E-state index in [-0.39, 0.29) is 6.54 Å². The van der Waals surface area contributed by atoms with Crippen LogP contribution in [0.2, 0.25) is 4.34 Å². The van der Waals surface area contributed by atoms with E-state index in [1.165, 1.54) is 16.2 Å². The van der Waals surface area contributed by atoms with Crippen molar-refractivity contribution in [3.05, 3.63) is 16.5 Å². The minimum Gasteiger partial charge on any atom is -0.478 e. The van der Waals surface area contributed by atoms with Crippen molar-refractivity contribution in [2.24, 2.45) is 0 Å². The van der Waals surface area contributed by atoms with Crippen LogP contribution in [0.15, 0.2) is 12.1 Å². The van der Waals surface area contributed by atoms with Gasteiger partial charge < -0.3 is 9.84 Å². The lowest BCUT2D eigenvalue weighted by Crippen LogP contribution is -2.26. The Labute approximate surface area is 93.8 Å². The predicted molar refractivity (Wildman–Crippen MR) is 54.6 cm³/mol. The Morgan fingerprint density at radius 1 is 1.67 bits per heavy atom. The molecule has 1 aliphatic rings. The second kappa shape index (κ2) is 3.71. The van der Waals surface area contributed by atoms with Crippen LogP contribution < -0.4 is 4.90 Å². The molecule has 0 radical (unpaired) electrons. The minimum absolute atomic E-state index is 0.0189. The Kier molecular flexibility index (Phi) is 2.54.